The predicted octanol–water partition coefficient (Wildman–Crippen LogP) is 2.11. The number of hydrogen-bond donors (Lipinski definition) is 2. The molecule has 0 aliphatic heterocycles. The number of carbonyl (C=O) groups excluding carboxylic acids is 1. The standard InChI is InChI=1S/C11H18N2OS2/c1-3-13(4-2)6-5-12-11(14)10-7-9(15)8-16-10/h7-8,15H,3-6H2,1-2H3,(H,12,14). The van der Waals surface area contributed by atoms with Crippen molar-refractivity contribution in [2.24, 2.45) is 0 Å². The molecule has 0 saturated heterocycles. The molecule has 1 heterocycles. The molecule has 0 saturated carbocycles. The van der Waals surface area contributed by atoms with Gasteiger partial charge in [-0.1, -0.05) is 13.8 Å². The van der Waals surface area contributed by atoms with E-state index in [-0.39, 0.29) is 5.91 Å². The maximum atomic E-state index is 11.7. The highest BCUT2D eigenvalue weighted by Gasteiger charge is 2.07. The molecular weight excluding hydrogens is 240 g/mol. The maximum Gasteiger partial charge on any atom is 0.261 e. The molecular formula is C11H18N2OS2. The number of nitrogens with one attached hydrogen (secondary N) is 1. The van der Waals surface area contributed by atoms with Crippen LogP contribution in [0.25, 0.3) is 0 Å². The average Bonchev–Trinajstić information content (AvgIpc) is 2.71. The molecule has 1 amide bonds. The zero-order chi connectivity index (χ0) is 12.0. The summed E-state index contributed by atoms with van der Waals surface area (Å²) in [5.41, 5.74) is 0. The fraction of sp³-hybridized carbons (Fsp3) is 0.545. The van der Waals surface area contributed by atoms with Crippen molar-refractivity contribution in [1.82, 2.24) is 10.2 Å². The molecule has 1 aromatic heterocycles. The van der Waals surface area contributed by atoms with E-state index in [9.17, 15) is 4.79 Å². The van der Waals surface area contributed by atoms with E-state index in [4.69, 9.17) is 0 Å². The van der Waals surface area contributed by atoms with Crippen molar-refractivity contribution in [1.29, 1.82) is 0 Å². The van der Waals surface area contributed by atoms with Crippen LogP contribution in [-0.4, -0.2) is 37.0 Å². The lowest BCUT2D eigenvalue weighted by Crippen LogP contribution is -2.34. The molecule has 0 spiro atoms. The summed E-state index contributed by atoms with van der Waals surface area (Å²) in [4.78, 5) is 15.5. The molecule has 5 heteroatoms. The van der Waals surface area contributed by atoms with Gasteiger partial charge in [-0.05, 0) is 19.2 Å². The van der Waals surface area contributed by atoms with Crippen molar-refractivity contribution in [3.05, 3.63) is 16.3 Å². The number of hydrogen-bond acceptors (Lipinski definition) is 4. The van der Waals surface area contributed by atoms with Gasteiger partial charge in [0.15, 0.2) is 0 Å². The van der Waals surface area contributed by atoms with Gasteiger partial charge < -0.3 is 10.2 Å². The zero-order valence-electron chi connectivity index (χ0n) is 9.69. The van der Waals surface area contributed by atoms with E-state index in [0.29, 0.717) is 6.54 Å². The monoisotopic (exact) mass is 258 g/mol. The molecule has 0 fully saturated rings. The van der Waals surface area contributed by atoms with Gasteiger partial charge in [-0.3, -0.25) is 4.79 Å². The SMILES string of the molecule is CCN(CC)CCNC(=O)c1cc(S)cs1. The summed E-state index contributed by atoms with van der Waals surface area (Å²) in [6.45, 7) is 7.88. The first kappa shape index (κ1) is 13.5. The third-order valence-electron chi connectivity index (χ3n) is 2.42. The van der Waals surface area contributed by atoms with Crippen LogP contribution in [0.5, 0.6) is 0 Å². The summed E-state index contributed by atoms with van der Waals surface area (Å²) in [6.07, 6.45) is 0. The topological polar surface area (TPSA) is 32.3 Å². The summed E-state index contributed by atoms with van der Waals surface area (Å²) in [5.74, 6) is -0.00236. The van der Waals surface area contributed by atoms with Gasteiger partial charge in [0, 0.05) is 23.4 Å². The number of thiophene rings is 1. The molecule has 0 aromatic carbocycles. The molecule has 0 atom stereocenters. The third-order valence-corrected chi connectivity index (χ3v) is 3.78. The van der Waals surface area contributed by atoms with E-state index in [0.717, 1.165) is 29.4 Å². The van der Waals surface area contributed by atoms with E-state index in [1.807, 2.05) is 5.38 Å². The number of carbonyl (C=O) groups is 1. The van der Waals surface area contributed by atoms with Crippen molar-refractivity contribution in [3.8, 4) is 0 Å². The van der Waals surface area contributed by atoms with Crippen molar-refractivity contribution >= 4 is 29.9 Å². The first-order valence-electron chi connectivity index (χ1n) is 5.45. The van der Waals surface area contributed by atoms with Gasteiger partial charge in [0.25, 0.3) is 5.91 Å². The van der Waals surface area contributed by atoms with E-state index in [2.05, 4.69) is 36.7 Å². The molecule has 0 radical (unpaired) electrons. The number of likely N-dealkylation sites (N-methyl/N-ethyl adjacent to an activating group) is 1. The average molecular weight is 258 g/mol. The molecule has 0 aliphatic carbocycles. The highest BCUT2D eigenvalue weighted by molar-refractivity contribution is 7.80. The molecule has 16 heavy (non-hydrogen) atoms. The number of thiol groups is 1. The number of rotatable bonds is 6. The minimum absolute atomic E-state index is 0.00236. The first-order valence-corrected chi connectivity index (χ1v) is 6.78. The Morgan fingerprint density at radius 1 is 1.50 bits per heavy atom. The van der Waals surface area contributed by atoms with Gasteiger partial charge >= 0.3 is 0 Å². The maximum absolute atomic E-state index is 11.7. The Morgan fingerprint density at radius 2 is 2.19 bits per heavy atom. The number of amides is 1. The van der Waals surface area contributed by atoms with Crippen molar-refractivity contribution in [3.63, 3.8) is 0 Å². The van der Waals surface area contributed by atoms with E-state index >= 15 is 0 Å². The van der Waals surface area contributed by atoms with Crippen LogP contribution in [0.4, 0.5) is 0 Å². The molecule has 3 nitrogen and oxygen atoms in total. The molecule has 0 unspecified atom stereocenters. The Labute approximate surface area is 106 Å². The van der Waals surface area contributed by atoms with Gasteiger partial charge in [0.2, 0.25) is 0 Å². The van der Waals surface area contributed by atoms with Crippen LogP contribution < -0.4 is 5.32 Å². The highest BCUT2D eigenvalue weighted by Crippen LogP contribution is 2.17. The second-order valence-corrected chi connectivity index (χ2v) is 4.88. The van der Waals surface area contributed by atoms with Crippen molar-refractivity contribution in [2.45, 2.75) is 18.7 Å². The van der Waals surface area contributed by atoms with Crippen LogP contribution >= 0.6 is 24.0 Å². The van der Waals surface area contributed by atoms with Crippen LogP contribution in [-0.2, 0) is 0 Å². The van der Waals surface area contributed by atoms with Crippen LogP contribution in [0, 0.1) is 0 Å². The smallest absolute Gasteiger partial charge is 0.261 e. The fourth-order valence-electron chi connectivity index (χ4n) is 1.40. The van der Waals surface area contributed by atoms with Gasteiger partial charge in [-0.2, -0.15) is 0 Å². The highest BCUT2D eigenvalue weighted by atomic mass is 32.1. The summed E-state index contributed by atoms with van der Waals surface area (Å²) < 4.78 is 0. The molecule has 90 valence electrons. The van der Waals surface area contributed by atoms with Gasteiger partial charge in [0.05, 0.1) is 4.88 Å². The second-order valence-electron chi connectivity index (χ2n) is 3.45. The normalized spacial score (nSPS) is 10.8. The van der Waals surface area contributed by atoms with Crippen LogP contribution in [0.1, 0.15) is 23.5 Å². The first-order chi connectivity index (χ1) is 7.67. The molecule has 1 aromatic rings. The summed E-state index contributed by atoms with van der Waals surface area (Å²) >= 11 is 5.60. The van der Waals surface area contributed by atoms with Gasteiger partial charge in [0.1, 0.15) is 0 Å². The Hall–Kier alpha value is -0.520. The number of nitrogens with zero attached hydrogens (tertiary/aromatic N) is 1. The Bertz CT molecular complexity index is 334. The van der Waals surface area contributed by atoms with Crippen molar-refractivity contribution in [2.75, 3.05) is 26.2 Å². The summed E-state index contributed by atoms with van der Waals surface area (Å²) in [5, 5.41) is 4.77. The van der Waals surface area contributed by atoms with Crippen LogP contribution in [0.2, 0.25) is 0 Å². The van der Waals surface area contributed by atoms with E-state index in [1.54, 1.807) is 6.07 Å². The lowest BCUT2D eigenvalue weighted by molar-refractivity contribution is 0.0953. The van der Waals surface area contributed by atoms with E-state index < -0.39 is 0 Å². The molecule has 1 rings (SSSR count). The summed E-state index contributed by atoms with van der Waals surface area (Å²) in [7, 11) is 0. The van der Waals surface area contributed by atoms with E-state index in [1.165, 1.54) is 11.3 Å². The predicted molar refractivity (Wildman–Crippen MR) is 71.7 cm³/mol. The molecule has 0 aliphatic rings. The summed E-state index contributed by atoms with van der Waals surface area (Å²) in [6, 6.07) is 1.79. The van der Waals surface area contributed by atoms with Crippen LogP contribution in [0.3, 0.4) is 0 Å². The van der Waals surface area contributed by atoms with Crippen molar-refractivity contribution < 1.29 is 4.79 Å². The molecule has 1 N–H and O–H groups in total. The van der Waals surface area contributed by atoms with Gasteiger partial charge in [-0.15, -0.1) is 24.0 Å². The lowest BCUT2D eigenvalue weighted by Gasteiger charge is -2.17. The Morgan fingerprint density at radius 3 is 2.69 bits per heavy atom. The minimum Gasteiger partial charge on any atom is -0.350 e. The zero-order valence-corrected chi connectivity index (χ0v) is 11.4. The molecule has 0 bridgehead atoms. The third kappa shape index (κ3) is 4.15. The lowest BCUT2D eigenvalue weighted by atomic mass is 10.4. The largest absolute Gasteiger partial charge is 0.350 e. The quantitative estimate of drug-likeness (QED) is 0.766. The Balaban J connectivity index is 2.30. The minimum atomic E-state index is -0.00236. The second kappa shape index (κ2) is 6.93. The van der Waals surface area contributed by atoms with Crippen LogP contribution in [0.15, 0.2) is 16.3 Å². The Kier molecular flexibility index (Phi) is 5.87. The van der Waals surface area contributed by atoms with Gasteiger partial charge in [-0.25, -0.2) is 0 Å². The fourth-order valence-corrected chi connectivity index (χ4v) is 2.46.